The van der Waals surface area contributed by atoms with Crippen LogP contribution in [-0.2, 0) is 24.4 Å². The van der Waals surface area contributed by atoms with E-state index in [1.54, 1.807) is 45.2 Å². The highest BCUT2D eigenvalue weighted by Crippen LogP contribution is 2.39. The van der Waals surface area contributed by atoms with Crippen molar-refractivity contribution in [2.45, 2.75) is 37.3 Å². The Morgan fingerprint density at radius 1 is 1.12 bits per heavy atom. The summed E-state index contributed by atoms with van der Waals surface area (Å²) >= 11 is 3.38. The van der Waals surface area contributed by atoms with Crippen molar-refractivity contribution in [2.75, 3.05) is 13.2 Å². The molecule has 0 bridgehead atoms. The lowest BCUT2D eigenvalue weighted by molar-refractivity contribution is -0.248. The van der Waals surface area contributed by atoms with Gasteiger partial charge in [0.15, 0.2) is 0 Å². The molecule has 1 aromatic carbocycles. The number of ether oxygens (including phenoxy) is 3. The first-order valence-corrected chi connectivity index (χ1v) is 12.6. The first-order valence-electron chi connectivity index (χ1n) is 8.96. The number of carbonyl (C=O) groups excluding carboxylic acids is 2. The van der Waals surface area contributed by atoms with E-state index in [2.05, 4.69) is 11.3 Å². The highest BCUT2D eigenvalue weighted by molar-refractivity contribution is 14.1. The molecule has 0 heterocycles. The van der Waals surface area contributed by atoms with E-state index in [0.29, 0.717) is 9.99 Å². The van der Waals surface area contributed by atoms with Crippen LogP contribution < -0.4 is 4.74 Å². The summed E-state index contributed by atoms with van der Waals surface area (Å²) in [6, 6.07) is 2.46. The SMILES string of the molecule is C=C(C)C(=O)OCCCCOc1c(I)cc(I)cc1C(=O)OC(C(F)(F)F)C(F)(F)S(=O)(=O)O. The van der Waals surface area contributed by atoms with Gasteiger partial charge in [-0.2, -0.15) is 30.4 Å². The summed E-state index contributed by atoms with van der Waals surface area (Å²) in [4.78, 5) is 23.7. The third kappa shape index (κ3) is 8.43. The fourth-order valence-electron chi connectivity index (χ4n) is 2.16. The maximum atomic E-state index is 13.7. The molecule has 0 amide bonds. The molecular formula is C18H17F5I2O8S. The van der Waals surface area contributed by atoms with Crippen molar-refractivity contribution >= 4 is 67.2 Å². The van der Waals surface area contributed by atoms with Crippen LogP contribution in [0, 0.1) is 7.14 Å². The first-order chi connectivity index (χ1) is 15.4. The summed E-state index contributed by atoms with van der Waals surface area (Å²) in [6.45, 7) is 4.78. The molecule has 0 saturated heterocycles. The molecule has 8 nitrogen and oxygen atoms in total. The number of hydrogen-bond acceptors (Lipinski definition) is 7. The minimum absolute atomic E-state index is 0.0196. The molecule has 1 unspecified atom stereocenters. The Morgan fingerprint density at radius 3 is 2.18 bits per heavy atom. The summed E-state index contributed by atoms with van der Waals surface area (Å²) in [7, 11) is -6.58. The van der Waals surface area contributed by atoms with Crippen molar-refractivity contribution in [1.29, 1.82) is 0 Å². The van der Waals surface area contributed by atoms with Gasteiger partial charge in [0.25, 0.3) is 6.10 Å². The second kappa shape index (κ2) is 12.1. The fraction of sp³-hybridized carbons (Fsp3) is 0.444. The zero-order chi connectivity index (χ0) is 26.5. The van der Waals surface area contributed by atoms with Crippen LogP contribution in [0.1, 0.15) is 30.1 Å². The Hall–Kier alpha value is -1.28. The average Bonchev–Trinajstić information content (AvgIpc) is 2.67. The van der Waals surface area contributed by atoms with E-state index >= 15 is 0 Å². The van der Waals surface area contributed by atoms with Gasteiger partial charge in [-0.15, -0.1) is 0 Å². The van der Waals surface area contributed by atoms with Gasteiger partial charge in [-0.05, 0) is 77.1 Å². The van der Waals surface area contributed by atoms with E-state index in [1.807, 2.05) is 0 Å². The topological polar surface area (TPSA) is 116 Å². The predicted octanol–water partition coefficient (Wildman–Crippen LogP) is 4.74. The van der Waals surface area contributed by atoms with Crippen molar-refractivity contribution < 1.29 is 58.7 Å². The van der Waals surface area contributed by atoms with Gasteiger partial charge in [-0.3, -0.25) is 4.55 Å². The van der Waals surface area contributed by atoms with E-state index in [4.69, 9.17) is 14.0 Å². The molecule has 0 aliphatic carbocycles. The fourth-order valence-corrected chi connectivity index (χ4v) is 4.61. The Kier molecular flexibility index (Phi) is 11.0. The third-order valence-electron chi connectivity index (χ3n) is 3.77. The molecule has 1 atom stereocenters. The van der Waals surface area contributed by atoms with Crippen molar-refractivity contribution in [3.8, 4) is 5.75 Å². The van der Waals surface area contributed by atoms with Crippen molar-refractivity contribution in [3.63, 3.8) is 0 Å². The molecule has 0 saturated carbocycles. The van der Waals surface area contributed by atoms with Gasteiger partial charge in [-0.1, -0.05) is 6.58 Å². The Balaban J connectivity index is 3.06. The van der Waals surface area contributed by atoms with Gasteiger partial charge in [0, 0.05) is 9.14 Å². The van der Waals surface area contributed by atoms with Crippen LogP contribution in [0.15, 0.2) is 24.3 Å². The van der Waals surface area contributed by atoms with E-state index in [0.717, 1.165) is 6.07 Å². The minimum Gasteiger partial charge on any atom is -0.492 e. The number of halogens is 7. The van der Waals surface area contributed by atoms with Crippen LogP contribution in [0.25, 0.3) is 0 Å². The Bertz CT molecular complexity index is 1040. The van der Waals surface area contributed by atoms with Crippen molar-refractivity contribution in [2.24, 2.45) is 0 Å². The van der Waals surface area contributed by atoms with Gasteiger partial charge in [0.2, 0.25) is 0 Å². The van der Waals surface area contributed by atoms with E-state index in [-0.39, 0.29) is 34.5 Å². The summed E-state index contributed by atoms with van der Waals surface area (Å²) in [5.74, 6) is -2.84. The second-order valence-corrected chi connectivity index (χ2v) is 10.5. The lowest BCUT2D eigenvalue weighted by Gasteiger charge is -2.26. The number of unbranched alkanes of at least 4 members (excludes halogenated alkanes) is 1. The molecule has 0 aliphatic rings. The maximum Gasteiger partial charge on any atom is 0.432 e. The zero-order valence-corrected chi connectivity index (χ0v) is 22.3. The standard InChI is InChI=1S/C18H17F5I2O8S/c1-9(2)14(26)32-6-4-3-5-31-13-11(7-10(24)8-12(13)25)15(27)33-16(17(19,20)21)18(22,23)34(28,29)30/h7-8,16H,1,3-6H2,2H3,(H,28,29,30). The lowest BCUT2D eigenvalue weighted by Crippen LogP contribution is -2.52. The van der Waals surface area contributed by atoms with Gasteiger partial charge in [0.05, 0.1) is 16.8 Å². The first kappa shape index (κ1) is 30.8. The molecular weight excluding hydrogens is 725 g/mol. The number of esters is 2. The van der Waals surface area contributed by atoms with Crippen molar-refractivity contribution in [3.05, 3.63) is 37.0 Å². The van der Waals surface area contributed by atoms with Gasteiger partial charge in [-0.25, -0.2) is 9.59 Å². The molecule has 0 aromatic heterocycles. The Labute approximate surface area is 218 Å². The number of benzene rings is 1. The average molecular weight is 742 g/mol. The molecule has 192 valence electrons. The number of alkyl halides is 5. The summed E-state index contributed by atoms with van der Waals surface area (Å²) in [5, 5.41) is -5.86. The monoisotopic (exact) mass is 742 g/mol. The number of carbonyl (C=O) groups is 2. The molecule has 0 radical (unpaired) electrons. The predicted molar refractivity (Wildman–Crippen MR) is 124 cm³/mol. The molecule has 1 rings (SSSR count). The van der Waals surface area contributed by atoms with Gasteiger partial charge in [0.1, 0.15) is 11.3 Å². The summed E-state index contributed by atoms with van der Waals surface area (Å²) in [5.41, 5.74) is -0.477. The molecule has 0 aliphatic heterocycles. The zero-order valence-electron chi connectivity index (χ0n) is 17.1. The van der Waals surface area contributed by atoms with E-state index in [9.17, 15) is 40.0 Å². The molecule has 16 heteroatoms. The van der Waals surface area contributed by atoms with Gasteiger partial charge >= 0.3 is 33.5 Å². The van der Waals surface area contributed by atoms with Crippen LogP contribution in [0.5, 0.6) is 5.75 Å². The van der Waals surface area contributed by atoms with Crippen LogP contribution in [-0.4, -0.2) is 55.7 Å². The number of hydrogen-bond donors (Lipinski definition) is 1. The van der Waals surface area contributed by atoms with Crippen LogP contribution in [0.3, 0.4) is 0 Å². The largest absolute Gasteiger partial charge is 0.492 e. The molecule has 1 aromatic rings. The van der Waals surface area contributed by atoms with E-state index < -0.39 is 45.2 Å². The Morgan fingerprint density at radius 2 is 1.68 bits per heavy atom. The summed E-state index contributed by atoms with van der Waals surface area (Å²) in [6.07, 6.45) is -9.93. The van der Waals surface area contributed by atoms with Crippen LogP contribution in [0.4, 0.5) is 22.0 Å². The van der Waals surface area contributed by atoms with Crippen LogP contribution in [0.2, 0.25) is 0 Å². The maximum absolute atomic E-state index is 13.7. The third-order valence-corrected chi connectivity index (χ3v) is 6.09. The second-order valence-electron chi connectivity index (χ2n) is 6.60. The van der Waals surface area contributed by atoms with Gasteiger partial charge < -0.3 is 14.2 Å². The van der Waals surface area contributed by atoms with Crippen molar-refractivity contribution in [1.82, 2.24) is 0 Å². The molecule has 0 fully saturated rings. The summed E-state index contributed by atoms with van der Waals surface area (Å²) < 4.78 is 112. The normalized spacial score (nSPS) is 13.2. The molecule has 0 spiro atoms. The van der Waals surface area contributed by atoms with Crippen LogP contribution >= 0.6 is 45.2 Å². The minimum atomic E-state index is -6.58. The van der Waals surface area contributed by atoms with E-state index in [1.165, 1.54) is 13.0 Å². The highest BCUT2D eigenvalue weighted by atomic mass is 127. The molecule has 1 N–H and O–H groups in total. The quantitative estimate of drug-likeness (QED) is 0.0864. The smallest absolute Gasteiger partial charge is 0.432 e. The highest BCUT2D eigenvalue weighted by Gasteiger charge is 2.66. The number of rotatable bonds is 11. The lowest BCUT2D eigenvalue weighted by atomic mass is 10.2. The molecule has 34 heavy (non-hydrogen) atoms.